The Balaban J connectivity index is 3.05. The lowest BCUT2D eigenvalue weighted by molar-refractivity contribution is 0.380. The van der Waals surface area contributed by atoms with Crippen LogP contribution in [0.2, 0.25) is 0 Å². The van der Waals surface area contributed by atoms with Gasteiger partial charge in [-0.05, 0) is 37.3 Å². The fraction of sp³-hybridized carbons (Fsp3) is 0.706. The van der Waals surface area contributed by atoms with E-state index < -0.39 is 0 Å². The highest BCUT2D eigenvalue weighted by atomic mass is 14.7. The van der Waals surface area contributed by atoms with Gasteiger partial charge in [0.15, 0.2) is 0 Å². The first-order valence-corrected chi connectivity index (χ1v) is 7.54. The highest BCUT2D eigenvalue weighted by Crippen LogP contribution is 2.33. The lowest BCUT2D eigenvalue weighted by Gasteiger charge is -2.29. The van der Waals surface area contributed by atoms with Gasteiger partial charge in [-0.3, -0.25) is 4.98 Å². The summed E-state index contributed by atoms with van der Waals surface area (Å²) in [5.74, 6) is 0.567. The molecule has 18 heavy (non-hydrogen) atoms. The number of aromatic nitrogens is 1. The molecule has 1 aromatic heterocycles. The van der Waals surface area contributed by atoms with E-state index in [2.05, 4.69) is 52.8 Å². The molecule has 0 amide bonds. The monoisotopic (exact) mass is 247 g/mol. The Morgan fingerprint density at radius 3 is 2.22 bits per heavy atom. The van der Waals surface area contributed by atoms with Crippen molar-refractivity contribution < 1.29 is 0 Å². The number of hydrogen-bond donors (Lipinski definition) is 0. The van der Waals surface area contributed by atoms with Crippen molar-refractivity contribution in [2.45, 2.75) is 78.1 Å². The molecule has 0 saturated carbocycles. The second kappa shape index (κ2) is 6.92. The van der Waals surface area contributed by atoms with Gasteiger partial charge in [-0.1, -0.05) is 53.5 Å². The molecule has 0 spiro atoms. The van der Waals surface area contributed by atoms with E-state index in [1.54, 1.807) is 0 Å². The van der Waals surface area contributed by atoms with E-state index in [1.807, 2.05) is 0 Å². The summed E-state index contributed by atoms with van der Waals surface area (Å²) in [6.45, 7) is 11.4. The van der Waals surface area contributed by atoms with E-state index in [0.29, 0.717) is 5.92 Å². The van der Waals surface area contributed by atoms with Crippen molar-refractivity contribution in [3.05, 3.63) is 29.6 Å². The summed E-state index contributed by atoms with van der Waals surface area (Å²) in [6, 6.07) is 6.58. The zero-order chi connectivity index (χ0) is 13.6. The summed E-state index contributed by atoms with van der Waals surface area (Å²) in [5, 5.41) is 0. The molecular formula is C17H29N. The van der Waals surface area contributed by atoms with Crippen LogP contribution in [0.4, 0.5) is 0 Å². The molecule has 1 aromatic rings. The van der Waals surface area contributed by atoms with Crippen LogP contribution in [0.1, 0.15) is 84.0 Å². The highest BCUT2D eigenvalue weighted by molar-refractivity contribution is 5.21. The lowest BCUT2D eigenvalue weighted by atomic mass is 9.78. The molecular weight excluding hydrogens is 218 g/mol. The van der Waals surface area contributed by atoms with E-state index in [9.17, 15) is 0 Å². The average molecular weight is 247 g/mol. The standard InChI is InChI=1S/C17H29N/c1-6-12-17(5,13-7-2)16-11-9-10-15(18-16)14(4)8-3/h9-11,14H,6-8,12-13H2,1-5H3. The van der Waals surface area contributed by atoms with E-state index in [-0.39, 0.29) is 5.41 Å². The van der Waals surface area contributed by atoms with Crippen LogP contribution < -0.4 is 0 Å². The van der Waals surface area contributed by atoms with Crippen molar-refractivity contribution in [2.24, 2.45) is 0 Å². The maximum Gasteiger partial charge on any atom is 0.0466 e. The topological polar surface area (TPSA) is 12.9 Å². The van der Waals surface area contributed by atoms with Gasteiger partial charge in [0.05, 0.1) is 0 Å². The van der Waals surface area contributed by atoms with Crippen LogP contribution in [0.25, 0.3) is 0 Å². The number of hydrogen-bond acceptors (Lipinski definition) is 1. The third kappa shape index (κ3) is 3.57. The molecule has 1 heteroatoms. The molecule has 102 valence electrons. The van der Waals surface area contributed by atoms with Gasteiger partial charge in [0.1, 0.15) is 0 Å². The smallest absolute Gasteiger partial charge is 0.0466 e. The van der Waals surface area contributed by atoms with Crippen molar-refractivity contribution in [1.29, 1.82) is 0 Å². The third-order valence-corrected chi connectivity index (χ3v) is 4.11. The van der Waals surface area contributed by atoms with Gasteiger partial charge in [0.2, 0.25) is 0 Å². The summed E-state index contributed by atoms with van der Waals surface area (Å²) in [6.07, 6.45) is 6.09. The summed E-state index contributed by atoms with van der Waals surface area (Å²) in [4.78, 5) is 4.95. The Hall–Kier alpha value is -0.850. The SMILES string of the molecule is CCCC(C)(CCC)c1cccc(C(C)CC)n1. The third-order valence-electron chi connectivity index (χ3n) is 4.11. The van der Waals surface area contributed by atoms with Crippen LogP contribution >= 0.6 is 0 Å². The molecule has 0 aliphatic rings. The summed E-state index contributed by atoms with van der Waals surface area (Å²) in [7, 11) is 0. The molecule has 1 atom stereocenters. The lowest BCUT2D eigenvalue weighted by Crippen LogP contribution is -2.23. The Bertz CT molecular complexity index is 350. The molecule has 0 saturated heterocycles. The van der Waals surface area contributed by atoms with Gasteiger partial charge in [-0.2, -0.15) is 0 Å². The molecule has 1 unspecified atom stereocenters. The normalized spacial score (nSPS) is 13.6. The van der Waals surface area contributed by atoms with Crippen molar-refractivity contribution in [3.8, 4) is 0 Å². The molecule has 0 bridgehead atoms. The minimum Gasteiger partial charge on any atom is -0.257 e. The Labute approximate surface area is 113 Å². The van der Waals surface area contributed by atoms with Gasteiger partial charge in [0.25, 0.3) is 0 Å². The van der Waals surface area contributed by atoms with Gasteiger partial charge in [0, 0.05) is 16.8 Å². The fourth-order valence-electron chi connectivity index (χ4n) is 2.76. The summed E-state index contributed by atoms with van der Waals surface area (Å²) in [5.41, 5.74) is 2.81. The van der Waals surface area contributed by atoms with E-state index >= 15 is 0 Å². The van der Waals surface area contributed by atoms with Crippen LogP contribution in [0, 0.1) is 0 Å². The van der Waals surface area contributed by atoms with Crippen LogP contribution in [-0.4, -0.2) is 4.98 Å². The molecule has 1 nitrogen and oxygen atoms in total. The maximum atomic E-state index is 4.95. The van der Waals surface area contributed by atoms with Crippen molar-refractivity contribution in [1.82, 2.24) is 4.98 Å². The molecule has 0 radical (unpaired) electrons. The minimum atomic E-state index is 0.257. The highest BCUT2D eigenvalue weighted by Gasteiger charge is 2.26. The molecule has 1 heterocycles. The van der Waals surface area contributed by atoms with Crippen molar-refractivity contribution in [3.63, 3.8) is 0 Å². The second-order valence-corrected chi connectivity index (χ2v) is 5.82. The second-order valence-electron chi connectivity index (χ2n) is 5.82. The van der Waals surface area contributed by atoms with Gasteiger partial charge in [-0.15, -0.1) is 0 Å². The predicted octanol–water partition coefficient (Wildman–Crippen LogP) is 5.45. The molecule has 1 rings (SSSR count). The molecule has 0 aliphatic carbocycles. The van der Waals surface area contributed by atoms with Crippen molar-refractivity contribution in [2.75, 3.05) is 0 Å². The average Bonchev–Trinajstić information content (AvgIpc) is 2.38. The minimum absolute atomic E-state index is 0.257. The first-order valence-electron chi connectivity index (χ1n) is 7.54. The van der Waals surface area contributed by atoms with Gasteiger partial charge < -0.3 is 0 Å². The van der Waals surface area contributed by atoms with Gasteiger partial charge >= 0.3 is 0 Å². The predicted molar refractivity (Wildman–Crippen MR) is 80.1 cm³/mol. The van der Waals surface area contributed by atoms with E-state index in [1.165, 1.54) is 37.1 Å². The summed E-state index contributed by atoms with van der Waals surface area (Å²) >= 11 is 0. The maximum absolute atomic E-state index is 4.95. The van der Waals surface area contributed by atoms with Crippen LogP contribution in [0.15, 0.2) is 18.2 Å². The number of nitrogens with zero attached hydrogens (tertiary/aromatic N) is 1. The Kier molecular flexibility index (Phi) is 5.84. The van der Waals surface area contributed by atoms with E-state index in [0.717, 1.165) is 6.42 Å². The molecule has 0 aliphatic heterocycles. The van der Waals surface area contributed by atoms with Crippen LogP contribution in [0.5, 0.6) is 0 Å². The number of rotatable bonds is 7. The number of pyridine rings is 1. The van der Waals surface area contributed by atoms with Crippen LogP contribution in [-0.2, 0) is 5.41 Å². The quantitative estimate of drug-likeness (QED) is 0.624. The Morgan fingerprint density at radius 1 is 1.11 bits per heavy atom. The first kappa shape index (κ1) is 15.2. The molecule has 0 N–H and O–H groups in total. The summed E-state index contributed by atoms with van der Waals surface area (Å²) < 4.78 is 0. The first-order chi connectivity index (χ1) is 8.57. The molecule has 0 fully saturated rings. The zero-order valence-electron chi connectivity index (χ0n) is 12.8. The zero-order valence-corrected chi connectivity index (χ0v) is 12.8. The van der Waals surface area contributed by atoms with Gasteiger partial charge in [-0.25, -0.2) is 0 Å². The van der Waals surface area contributed by atoms with Crippen LogP contribution in [0.3, 0.4) is 0 Å². The Morgan fingerprint density at radius 2 is 1.72 bits per heavy atom. The van der Waals surface area contributed by atoms with Crippen molar-refractivity contribution >= 4 is 0 Å². The largest absolute Gasteiger partial charge is 0.257 e. The molecule has 0 aromatic carbocycles. The van der Waals surface area contributed by atoms with E-state index in [4.69, 9.17) is 4.98 Å². The fourth-order valence-corrected chi connectivity index (χ4v) is 2.76.